The minimum absolute atomic E-state index is 0.0200. The molecule has 1 aliphatic rings. The van der Waals surface area contributed by atoms with Crippen LogP contribution < -0.4 is 5.56 Å². The smallest absolute Gasteiger partial charge is 0.320 e. The summed E-state index contributed by atoms with van der Waals surface area (Å²) in [5.74, 6) is 0. The van der Waals surface area contributed by atoms with Gasteiger partial charge in [-0.2, -0.15) is 0 Å². The van der Waals surface area contributed by atoms with Crippen LogP contribution in [0.2, 0.25) is 0 Å². The molecule has 26 heavy (non-hydrogen) atoms. The van der Waals surface area contributed by atoms with Gasteiger partial charge in [0.15, 0.2) is 0 Å². The number of aromatic amines is 1. The van der Waals surface area contributed by atoms with Crippen molar-refractivity contribution in [2.75, 3.05) is 39.3 Å². The summed E-state index contributed by atoms with van der Waals surface area (Å²) in [5.41, 5.74) is 2.76. The van der Waals surface area contributed by atoms with E-state index >= 15 is 0 Å². The Hall–Kier alpha value is -2.34. The molecule has 1 fully saturated rings. The van der Waals surface area contributed by atoms with E-state index in [1.54, 1.807) is 0 Å². The van der Waals surface area contributed by atoms with Gasteiger partial charge < -0.3 is 14.8 Å². The Morgan fingerprint density at radius 3 is 2.50 bits per heavy atom. The maximum Gasteiger partial charge on any atom is 0.320 e. The molecule has 2 heterocycles. The number of hydrogen-bond acceptors (Lipinski definition) is 3. The quantitative estimate of drug-likeness (QED) is 0.915. The van der Waals surface area contributed by atoms with E-state index in [4.69, 9.17) is 0 Å². The number of fused-ring (bicyclic) bond motifs is 1. The van der Waals surface area contributed by atoms with Crippen molar-refractivity contribution in [1.82, 2.24) is 19.7 Å². The van der Waals surface area contributed by atoms with Gasteiger partial charge >= 0.3 is 6.03 Å². The molecule has 0 saturated carbocycles. The van der Waals surface area contributed by atoms with Crippen LogP contribution in [0.25, 0.3) is 10.9 Å². The number of amides is 2. The summed E-state index contributed by atoms with van der Waals surface area (Å²) in [5, 5.41) is 1.06. The molecule has 0 radical (unpaired) electrons. The summed E-state index contributed by atoms with van der Waals surface area (Å²) in [7, 11) is 0. The van der Waals surface area contributed by atoms with Crippen LogP contribution in [0.4, 0.5) is 4.79 Å². The Morgan fingerprint density at radius 2 is 1.85 bits per heavy atom. The van der Waals surface area contributed by atoms with Crippen LogP contribution in [0.1, 0.15) is 25.0 Å². The van der Waals surface area contributed by atoms with Gasteiger partial charge in [-0.15, -0.1) is 0 Å². The lowest BCUT2D eigenvalue weighted by molar-refractivity contribution is 0.112. The minimum atomic E-state index is -0.0200. The van der Waals surface area contributed by atoms with Gasteiger partial charge in [-0.1, -0.05) is 18.2 Å². The number of piperazine rings is 1. The van der Waals surface area contributed by atoms with E-state index in [1.165, 1.54) is 0 Å². The van der Waals surface area contributed by atoms with Crippen molar-refractivity contribution in [1.29, 1.82) is 0 Å². The molecule has 2 aromatic rings. The molecule has 0 spiro atoms. The molecule has 0 unspecified atom stereocenters. The Balaban J connectivity index is 1.66. The van der Waals surface area contributed by atoms with Crippen molar-refractivity contribution in [2.24, 2.45) is 0 Å². The molecule has 1 aromatic carbocycles. The number of rotatable bonds is 4. The molecule has 1 aromatic heterocycles. The van der Waals surface area contributed by atoms with Gasteiger partial charge in [-0.25, -0.2) is 4.79 Å². The number of hydrogen-bond donors (Lipinski definition) is 1. The highest BCUT2D eigenvalue weighted by Gasteiger charge is 2.24. The van der Waals surface area contributed by atoms with E-state index in [0.717, 1.165) is 48.2 Å². The first kappa shape index (κ1) is 18.5. The normalized spacial score (nSPS) is 15.4. The molecule has 2 amide bonds. The van der Waals surface area contributed by atoms with E-state index in [1.807, 2.05) is 54.8 Å². The highest BCUT2D eigenvalue weighted by molar-refractivity contribution is 5.81. The molecule has 6 nitrogen and oxygen atoms in total. The Morgan fingerprint density at radius 1 is 1.15 bits per heavy atom. The van der Waals surface area contributed by atoms with Gasteiger partial charge in [-0.3, -0.25) is 9.69 Å². The third-order valence-electron chi connectivity index (χ3n) is 5.24. The fraction of sp³-hybridized carbons (Fsp3) is 0.500. The lowest BCUT2D eigenvalue weighted by Gasteiger charge is -2.37. The van der Waals surface area contributed by atoms with Gasteiger partial charge in [0.2, 0.25) is 0 Å². The third-order valence-corrected chi connectivity index (χ3v) is 5.24. The summed E-state index contributed by atoms with van der Waals surface area (Å²) >= 11 is 0. The van der Waals surface area contributed by atoms with Crippen LogP contribution in [-0.4, -0.2) is 65.0 Å². The fourth-order valence-electron chi connectivity index (χ4n) is 3.58. The van der Waals surface area contributed by atoms with Crippen LogP contribution in [-0.2, 0) is 6.54 Å². The number of urea groups is 1. The molecular formula is C20H28N4O2. The monoisotopic (exact) mass is 356 g/mol. The molecule has 6 heteroatoms. The number of carbonyl (C=O) groups excluding carboxylic acids is 1. The maximum atomic E-state index is 12.4. The number of carbonyl (C=O) groups is 1. The number of nitrogens with one attached hydrogen (secondary N) is 1. The highest BCUT2D eigenvalue weighted by Crippen LogP contribution is 2.16. The second kappa shape index (κ2) is 7.91. The second-order valence-corrected chi connectivity index (χ2v) is 6.88. The van der Waals surface area contributed by atoms with E-state index in [0.29, 0.717) is 19.6 Å². The molecule has 0 bridgehead atoms. The van der Waals surface area contributed by atoms with Crippen LogP contribution >= 0.6 is 0 Å². The highest BCUT2D eigenvalue weighted by atomic mass is 16.2. The molecule has 0 aliphatic carbocycles. The molecule has 1 saturated heterocycles. The maximum absolute atomic E-state index is 12.4. The van der Waals surface area contributed by atoms with Crippen LogP contribution in [0.15, 0.2) is 29.1 Å². The number of aromatic nitrogens is 1. The Bertz CT molecular complexity index is 833. The number of para-hydroxylation sites is 1. The average molecular weight is 356 g/mol. The van der Waals surface area contributed by atoms with Gasteiger partial charge in [0.05, 0.1) is 5.52 Å². The molecule has 3 rings (SSSR count). The van der Waals surface area contributed by atoms with Crippen molar-refractivity contribution >= 4 is 16.9 Å². The van der Waals surface area contributed by atoms with Crippen molar-refractivity contribution in [3.63, 3.8) is 0 Å². The first-order valence-electron chi connectivity index (χ1n) is 9.41. The third kappa shape index (κ3) is 3.75. The van der Waals surface area contributed by atoms with E-state index < -0.39 is 0 Å². The van der Waals surface area contributed by atoms with Gasteiger partial charge in [-0.05, 0) is 37.8 Å². The van der Waals surface area contributed by atoms with Crippen molar-refractivity contribution in [2.45, 2.75) is 27.3 Å². The zero-order chi connectivity index (χ0) is 18.7. The largest absolute Gasteiger partial charge is 0.325 e. The number of aryl methyl sites for hydroxylation is 1. The standard InChI is InChI=1S/C20H28N4O2/c1-4-23(5-2)20(26)24-11-9-22(10-12-24)14-17-13-16-8-6-7-15(3)18(16)21-19(17)25/h6-8,13H,4-5,9-12,14H2,1-3H3,(H,21,25). The molecule has 140 valence electrons. The van der Waals surface area contributed by atoms with Gasteiger partial charge in [0, 0.05) is 51.4 Å². The summed E-state index contributed by atoms with van der Waals surface area (Å²) < 4.78 is 0. The van der Waals surface area contributed by atoms with E-state index in [-0.39, 0.29) is 11.6 Å². The number of pyridine rings is 1. The van der Waals surface area contributed by atoms with Crippen molar-refractivity contribution < 1.29 is 4.79 Å². The number of benzene rings is 1. The van der Waals surface area contributed by atoms with Crippen molar-refractivity contribution in [3.8, 4) is 0 Å². The lowest BCUT2D eigenvalue weighted by atomic mass is 10.1. The van der Waals surface area contributed by atoms with E-state index in [9.17, 15) is 9.59 Å². The molecular weight excluding hydrogens is 328 g/mol. The van der Waals surface area contributed by atoms with Crippen LogP contribution in [0, 0.1) is 6.92 Å². The zero-order valence-electron chi connectivity index (χ0n) is 15.9. The lowest BCUT2D eigenvalue weighted by Crippen LogP contribution is -2.52. The van der Waals surface area contributed by atoms with Gasteiger partial charge in [0.25, 0.3) is 5.56 Å². The average Bonchev–Trinajstić information content (AvgIpc) is 2.65. The summed E-state index contributed by atoms with van der Waals surface area (Å²) in [6, 6.07) is 8.16. The summed E-state index contributed by atoms with van der Waals surface area (Å²) in [4.78, 5) is 33.9. The predicted molar refractivity (Wildman–Crippen MR) is 104 cm³/mol. The SMILES string of the molecule is CCN(CC)C(=O)N1CCN(Cc2cc3cccc(C)c3[nH]c2=O)CC1. The minimum Gasteiger partial charge on any atom is -0.325 e. The van der Waals surface area contributed by atoms with E-state index in [2.05, 4.69) is 9.88 Å². The first-order valence-corrected chi connectivity index (χ1v) is 9.41. The Labute approximate surface area is 154 Å². The van der Waals surface area contributed by atoms with Crippen molar-refractivity contribution in [3.05, 3.63) is 45.7 Å². The second-order valence-electron chi connectivity index (χ2n) is 6.88. The Kier molecular flexibility index (Phi) is 5.61. The molecule has 0 atom stereocenters. The van der Waals surface area contributed by atoms with Gasteiger partial charge in [0.1, 0.15) is 0 Å². The molecule has 1 aliphatic heterocycles. The summed E-state index contributed by atoms with van der Waals surface area (Å²) in [6.45, 7) is 11.1. The van der Waals surface area contributed by atoms with Crippen LogP contribution in [0.5, 0.6) is 0 Å². The number of nitrogens with zero attached hydrogens (tertiary/aromatic N) is 3. The molecule has 1 N–H and O–H groups in total. The first-order chi connectivity index (χ1) is 12.5. The number of H-pyrrole nitrogens is 1. The zero-order valence-corrected chi connectivity index (χ0v) is 15.9. The van der Waals surface area contributed by atoms with Crippen LogP contribution in [0.3, 0.4) is 0 Å². The summed E-state index contributed by atoms with van der Waals surface area (Å²) in [6.07, 6.45) is 0. The topological polar surface area (TPSA) is 59.7 Å². The fourth-order valence-corrected chi connectivity index (χ4v) is 3.58. The predicted octanol–water partition coefficient (Wildman–Crippen LogP) is 2.42.